The minimum atomic E-state index is 0.0545. The molecule has 3 aliphatic rings. The maximum Gasteiger partial charge on any atom is 0.244 e. The number of ether oxygens (including phenoxy) is 1. The van der Waals surface area contributed by atoms with Crippen LogP contribution in [0.15, 0.2) is 30.3 Å². The number of nitrogens with zero attached hydrogens (tertiary/aromatic N) is 3. The summed E-state index contributed by atoms with van der Waals surface area (Å²) in [6.45, 7) is 6.92. The van der Waals surface area contributed by atoms with Crippen LogP contribution in [0.4, 0.5) is 5.69 Å². The van der Waals surface area contributed by atoms with Crippen molar-refractivity contribution in [1.29, 1.82) is 0 Å². The number of piperazine rings is 1. The molecule has 1 aromatic rings. The molecule has 0 aromatic heterocycles. The minimum Gasteiger partial charge on any atom is -0.377 e. The van der Waals surface area contributed by atoms with Crippen LogP contribution < -0.4 is 4.90 Å². The van der Waals surface area contributed by atoms with Crippen LogP contribution in [0.1, 0.15) is 25.7 Å². The zero-order valence-electron chi connectivity index (χ0n) is 15.0. The minimum absolute atomic E-state index is 0.0545. The second-order valence-electron chi connectivity index (χ2n) is 7.46. The van der Waals surface area contributed by atoms with Gasteiger partial charge >= 0.3 is 0 Å². The summed E-state index contributed by atoms with van der Waals surface area (Å²) in [5.41, 5.74) is 1.04. The Balaban J connectivity index is 1.33. The van der Waals surface area contributed by atoms with Crippen LogP contribution in [0.3, 0.4) is 0 Å². The fraction of sp³-hybridized carbons (Fsp3) is 0.650. The van der Waals surface area contributed by atoms with Gasteiger partial charge in [0.05, 0.1) is 12.1 Å². The number of hydrogen-bond donors (Lipinski definition) is 0. The molecule has 0 bridgehead atoms. The van der Waals surface area contributed by atoms with Crippen molar-refractivity contribution >= 4 is 11.6 Å². The summed E-state index contributed by atoms with van der Waals surface area (Å²) >= 11 is 0. The first kappa shape index (κ1) is 17.0. The third-order valence-electron chi connectivity index (χ3n) is 5.81. The maximum atomic E-state index is 13.0. The Morgan fingerprint density at radius 2 is 1.76 bits per heavy atom. The third kappa shape index (κ3) is 3.89. The maximum absolute atomic E-state index is 13.0. The van der Waals surface area contributed by atoms with Gasteiger partial charge in [-0.05, 0) is 37.8 Å². The number of carbonyl (C=O) groups excluding carboxylic acids is 1. The highest BCUT2D eigenvalue weighted by Gasteiger charge is 2.35. The number of anilines is 1. The fourth-order valence-electron chi connectivity index (χ4n) is 4.39. The molecule has 3 heterocycles. The Bertz CT molecular complexity index is 566. The molecule has 1 amide bonds. The third-order valence-corrected chi connectivity index (χ3v) is 5.81. The number of amides is 1. The Morgan fingerprint density at radius 3 is 2.48 bits per heavy atom. The zero-order chi connectivity index (χ0) is 17.1. The summed E-state index contributed by atoms with van der Waals surface area (Å²) in [5.74, 6) is 0.282. The first-order chi connectivity index (χ1) is 12.3. The van der Waals surface area contributed by atoms with E-state index in [1.807, 2.05) is 35.2 Å². The van der Waals surface area contributed by atoms with Gasteiger partial charge in [-0.25, -0.2) is 0 Å². The molecule has 3 saturated heterocycles. The predicted molar refractivity (Wildman–Crippen MR) is 98.8 cm³/mol. The number of hydrogen-bond acceptors (Lipinski definition) is 4. The van der Waals surface area contributed by atoms with E-state index in [0.29, 0.717) is 6.10 Å². The van der Waals surface area contributed by atoms with Gasteiger partial charge in [-0.2, -0.15) is 0 Å². The van der Waals surface area contributed by atoms with Crippen LogP contribution in [0.5, 0.6) is 0 Å². The molecule has 0 N–H and O–H groups in total. The smallest absolute Gasteiger partial charge is 0.244 e. The molecule has 5 nitrogen and oxygen atoms in total. The molecule has 136 valence electrons. The monoisotopic (exact) mass is 343 g/mol. The van der Waals surface area contributed by atoms with Crippen molar-refractivity contribution in [1.82, 2.24) is 9.80 Å². The molecular formula is C20H29N3O2. The number of piperidine rings is 1. The van der Waals surface area contributed by atoms with E-state index in [1.165, 1.54) is 12.8 Å². The summed E-state index contributed by atoms with van der Waals surface area (Å²) < 4.78 is 5.76. The molecule has 3 aliphatic heterocycles. The van der Waals surface area contributed by atoms with Gasteiger partial charge < -0.3 is 9.64 Å². The van der Waals surface area contributed by atoms with Crippen molar-refractivity contribution in [2.24, 2.45) is 0 Å². The van der Waals surface area contributed by atoms with Gasteiger partial charge in [0, 0.05) is 51.6 Å². The van der Waals surface area contributed by atoms with Crippen LogP contribution in [-0.4, -0.2) is 73.7 Å². The molecular weight excluding hydrogens is 314 g/mol. The van der Waals surface area contributed by atoms with Gasteiger partial charge in [-0.1, -0.05) is 18.2 Å². The van der Waals surface area contributed by atoms with E-state index in [2.05, 4.69) is 9.80 Å². The van der Waals surface area contributed by atoms with Gasteiger partial charge in [0.2, 0.25) is 5.91 Å². The molecule has 0 radical (unpaired) electrons. The fourth-order valence-corrected chi connectivity index (χ4v) is 4.39. The van der Waals surface area contributed by atoms with E-state index < -0.39 is 0 Å². The quantitative estimate of drug-likeness (QED) is 0.838. The highest BCUT2D eigenvalue weighted by Crippen LogP contribution is 2.24. The van der Waals surface area contributed by atoms with Crippen LogP contribution >= 0.6 is 0 Å². The molecule has 4 rings (SSSR count). The van der Waals surface area contributed by atoms with E-state index >= 15 is 0 Å². The summed E-state index contributed by atoms with van der Waals surface area (Å²) in [5, 5.41) is 0. The highest BCUT2D eigenvalue weighted by molar-refractivity contribution is 5.97. The Hall–Kier alpha value is -1.43. The van der Waals surface area contributed by atoms with Crippen LogP contribution in [0, 0.1) is 0 Å². The van der Waals surface area contributed by atoms with Crippen molar-refractivity contribution in [2.45, 2.75) is 37.8 Å². The normalized spacial score (nSPS) is 29.3. The Labute approximate surface area is 150 Å². The lowest BCUT2D eigenvalue weighted by atomic mass is 10.0. The van der Waals surface area contributed by atoms with Crippen molar-refractivity contribution in [3.63, 3.8) is 0 Å². The highest BCUT2D eigenvalue weighted by atomic mass is 16.5. The summed E-state index contributed by atoms with van der Waals surface area (Å²) in [7, 11) is 0. The largest absolute Gasteiger partial charge is 0.377 e. The van der Waals surface area contributed by atoms with Crippen LogP contribution in [-0.2, 0) is 9.53 Å². The van der Waals surface area contributed by atoms with Gasteiger partial charge in [0.1, 0.15) is 0 Å². The summed E-state index contributed by atoms with van der Waals surface area (Å²) in [4.78, 5) is 19.9. The van der Waals surface area contributed by atoms with Crippen LogP contribution in [0.25, 0.3) is 0 Å². The number of benzene rings is 1. The number of para-hydroxylation sites is 1. The molecule has 2 atom stereocenters. The van der Waals surface area contributed by atoms with E-state index in [-0.39, 0.29) is 11.9 Å². The SMILES string of the molecule is O=C1[C@@H](N2CCN(C[C@@H]3CCCO3)CC2)CCCN1c1ccccc1. The predicted octanol–water partition coefficient (Wildman–Crippen LogP) is 1.98. The second-order valence-corrected chi connectivity index (χ2v) is 7.46. The molecule has 5 heteroatoms. The van der Waals surface area contributed by atoms with Crippen LogP contribution in [0.2, 0.25) is 0 Å². The van der Waals surface area contributed by atoms with Crippen molar-refractivity contribution in [3.05, 3.63) is 30.3 Å². The van der Waals surface area contributed by atoms with Gasteiger partial charge in [0.25, 0.3) is 0 Å². The number of rotatable bonds is 4. The van der Waals surface area contributed by atoms with Gasteiger partial charge in [0.15, 0.2) is 0 Å². The molecule has 3 fully saturated rings. The summed E-state index contributed by atoms with van der Waals surface area (Å²) in [6, 6.07) is 10.2. The van der Waals surface area contributed by atoms with Crippen molar-refractivity contribution in [3.8, 4) is 0 Å². The molecule has 0 spiro atoms. The standard InChI is InChI=1S/C20H29N3O2/c24-20-19(9-4-10-23(20)17-6-2-1-3-7-17)22-13-11-21(12-14-22)16-18-8-5-15-25-18/h1-3,6-7,18-19H,4-5,8-16H2/t18-,19-/m0/s1. The first-order valence-electron chi connectivity index (χ1n) is 9.76. The topological polar surface area (TPSA) is 36.0 Å². The summed E-state index contributed by atoms with van der Waals surface area (Å²) in [6.07, 6.45) is 4.91. The number of carbonyl (C=O) groups is 1. The Kier molecular flexibility index (Phi) is 5.34. The molecule has 0 aliphatic carbocycles. The lowest BCUT2D eigenvalue weighted by Crippen LogP contribution is -2.58. The zero-order valence-corrected chi connectivity index (χ0v) is 15.0. The van der Waals surface area contributed by atoms with E-state index in [0.717, 1.165) is 64.4 Å². The van der Waals surface area contributed by atoms with E-state index in [1.54, 1.807) is 0 Å². The lowest BCUT2D eigenvalue weighted by Gasteiger charge is -2.42. The van der Waals surface area contributed by atoms with Crippen molar-refractivity contribution < 1.29 is 9.53 Å². The first-order valence-corrected chi connectivity index (χ1v) is 9.76. The lowest BCUT2D eigenvalue weighted by molar-refractivity contribution is -0.126. The Morgan fingerprint density at radius 1 is 0.960 bits per heavy atom. The molecule has 25 heavy (non-hydrogen) atoms. The molecule has 0 saturated carbocycles. The van der Waals surface area contributed by atoms with E-state index in [9.17, 15) is 4.79 Å². The van der Waals surface area contributed by atoms with Gasteiger partial charge in [-0.15, -0.1) is 0 Å². The molecule has 0 unspecified atom stereocenters. The average molecular weight is 343 g/mol. The molecule has 1 aromatic carbocycles. The van der Waals surface area contributed by atoms with E-state index in [4.69, 9.17) is 4.74 Å². The average Bonchev–Trinajstić information content (AvgIpc) is 3.17. The van der Waals surface area contributed by atoms with Gasteiger partial charge in [-0.3, -0.25) is 14.6 Å². The van der Waals surface area contributed by atoms with Crippen molar-refractivity contribution in [2.75, 3.05) is 50.8 Å². The second kappa shape index (κ2) is 7.85.